The van der Waals surface area contributed by atoms with Gasteiger partial charge in [0.25, 0.3) is 0 Å². The molecule has 13 heteroatoms. The first-order valence-corrected chi connectivity index (χ1v) is 29.8. The van der Waals surface area contributed by atoms with Crippen LogP contribution in [0.15, 0.2) is 0 Å². The summed E-state index contributed by atoms with van der Waals surface area (Å²) in [6, 6.07) is -0.853. The fraction of sp³-hybridized carbons (Fsp3) is 0.981. The van der Waals surface area contributed by atoms with Gasteiger partial charge in [0.1, 0.15) is 24.4 Å². The molecule has 1 aliphatic rings. The average molecular weight is 979 g/mol. The van der Waals surface area contributed by atoms with Crippen molar-refractivity contribution in [3.63, 3.8) is 0 Å². The minimum Gasteiger partial charge on any atom is -0.394 e. The van der Waals surface area contributed by atoms with Crippen LogP contribution in [-0.2, 0) is 28.9 Å². The summed E-state index contributed by atoms with van der Waals surface area (Å²) >= 11 is 0. The SMILES string of the molecule is CCCCCCCCCCCCCCCCCCCCCCCCCC(=O)NC(COC1OC(CO)C(O)C(OS(=O)(=O)O)C1O)C(O)CCCCCCCCCCCCCCCCCCC. The molecule has 7 atom stereocenters. The van der Waals surface area contributed by atoms with Crippen LogP contribution in [0.4, 0.5) is 0 Å². The van der Waals surface area contributed by atoms with Crippen molar-refractivity contribution >= 4 is 16.3 Å². The molecular weight excluding hydrogens is 871 g/mol. The van der Waals surface area contributed by atoms with Gasteiger partial charge in [-0.3, -0.25) is 9.35 Å². The molecule has 6 N–H and O–H groups in total. The molecule has 0 saturated carbocycles. The van der Waals surface area contributed by atoms with Crippen LogP contribution in [0.2, 0.25) is 0 Å². The summed E-state index contributed by atoms with van der Waals surface area (Å²) in [5.41, 5.74) is 0. The number of hydrogen-bond donors (Lipinski definition) is 6. The molecule has 12 nitrogen and oxygen atoms in total. The lowest BCUT2D eigenvalue weighted by molar-refractivity contribution is -0.298. The van der Waals surface area contributed by atoms with E-state index in [1.165, 1.54) is 205 Å². The Morgan fingerprint density at radius 2 is 0.866 bits per heavy atom. The molecule has 0 aromatic heterocycles. The highest BCUT2D eigenvalue weighted by molar-refractivity contribution is 7.80. The van der Waals surface area contributed by atoms with Crippen LogP contribution in [-0.4, -0.2) is 95.4 Å². The molecule has 0 radical (unpaired) electrons. The van der Waals surface area contributed by atoms with Gasteiger partial charge < -0.3 is 35.2 Å². The second-order valence-corrected chi connectivity index (χ2v) is 21.3. The Morgan fingerprint density at radius 1 is 0.537 bits per heavy atom. The molecule has 1 rings (SSSR count). The average Bonchev–Trinajstić information content (AvgIpc) is 3.30. The van der Waals surface area contributed by atoms with Crippen molar-refractivity contribution in [1.82, 2.24) is 5.32 Å². The molecule has 67 heavy (non-hydrogen) atoms. The van der Waals surface area contributed by atoms with Gasteiger partial charge in [0.2, 0.25) is 5.91 Å². The van der Waals surface area contributed by atoms with Crippen LogP contribution in [0.3, 0.4) is 0 Å². The van der Waals surface area contributed by atoms with Gasteiger partial charge in [-0.1, -0.05) is 264 Å². The first kappa shape index (κ1) is 64.1. The molecule has 0 bridgehead atoms. The maximum Gasteiger partial charge on any atom is 0.397 e. The van der Waals surface area contributed by atoms with Crippen LogP contribution in [0.5, 0.6) is 0 Å². The monoisotopic (exact) mass is 978 g/mol. The van der Waals surface area contributed by atoms with Gasteiger partial charge >= 0.3 is 10.4 Å². The zero-order chi connectivity index (χ0) is 49.1. The highest BCUT2D eigenvalue weighted by atomic mass is 32.3. The Bertz CT molecular complexity index is 1200. The zero-order valence-electron chi connectivity index (χ0n) is 43.2. The summed E-state index contributed by atoms with van der Waals surface area (Å²) in [5, 5.41) is 45.1. The van der Waals surface area contributed by atoms with Crippen molar-refractivity contribution in [3.8, 4) is 0 Å². The van der Waals surface area contributed by atoms with E-state index in [2.05, 4.69) is 23.3 Å². The summed E-state index contributed by atoms with van der Waals surface area (Å²) in [7, 11) is -5.08. The Hall–Kier alpha value is -0.900. The quantitative estimate of drug-likeness (QED) is 0.0251. The summed E-state index contributed by atoms with van der Waals surface area (Å²) in [4.78, 5) is 13.1. The van der Waals surface area contributed by atoms with Crippen molar-refractivity contribution < 1.29 is 51.8 Å². The van der Waals surface area contributed by atoms with E-state index in [1.807, 2.05) is 0 Å². The number of hydrogen-bond acceptors (Lipinski definition) is 10. The maximum absolute atomic E-state index is 13.1. The lowest BCUT2D eigenvalue weighted by atomic mass is 9.99. The highest BCUT2D eigenvalue weighted by Gasteiger charge is 2.48. The van der Waals surface area contributed by atoms with E-state index in [-0.39, 0.29) is 12.5 Å². The van der Waals surface area contributed by atoms with Gasteiger partial charge in [-0.15, -0.1) is 0 Å². The van der Waals surface area contributed by atoms with Gasteiger partial charge in [-0.2, -0.15) is 8.42 Å². The molecular formula is C54H107NO11S. The van der Waals surface area contributed by atoms with E-state index < -0.39 is 59.9 Å². The lowest BCUT2D eigenvalue weighted by Crippen LogP contribution is -2.61. The summed E-state index contributed by atoms with van der Waals surface area (Å²) in [6.07, 6.45) is 42.5. The van der Waals surface area contributed by atoms with E-state index in [0.717, 1.165) is 51.4 Å². The first-order chi connectivity index (χ1) is 32.5. The van der Waals surface area contributed by atoms with Crippen molar-refractivity contribution in [1.29, 1.82) is 0 Å². The maximum atomic E-state index is 13.1. The number of amides is 1. The van der Waals surface area contributed by atoms with Gasteiger partial charge in [0.15, 0.2) is 6.29 Å². The Labute approximate surface area is 411 Å². The number of rotatable bonds is 50. The standard InChI is InChI=1S/C54H107NO11S/c1-3-5-7-9-11-13-15-17-19-21-22-23-24-25-26-28-30-32-34-36-38-40-42-44-50(58)55-47(46-64-54-52(60)53(66-67(61,62)63)51(59)49(45-56)65-54)48(57)43-41-39-37-35-33-31-29-27-20-18-16-14-12-10-8-6-4-2/h47-49,51-54,56-57,59-60H,3-46H2,1-2H3,(H,55,58)(H,61,62,63). The second kappa shape index (κ2) is 45.0. The van der Waals surface area contributed by atoms with E-state index >= 15 is 0 Å². The molecule has 1 saturated heterocycles. The Kier molecular flexibility index (Phi) is 43.1. The third-order valence-electron chi connectivity index (χ3n) is 13.9. The number of nitrogens with one attached hydrogen (secondary N) is 1. The van der Waals surface area contributed by atoms with Crippen molar-refractivity contribution in [3.05, 3.63) is 0 Å². The summed E-state index contributed by atoms with van der Waals surface area (Å²) in [6.45, 7) is 3.50. The predicted octanol–water partition coefficient (Wildman–Crippen LogP) is 12.9. The number of carbonyl (C=O) groups is 1. The predicted molar refractivity (Wildman–Crippen MR) is 273 cm³/mol. The van der Waals surface area contributed by atoms with Crippen molar-refractivity contribution in [2.75, 3.05) is 13.2 Å². The zero-order valence-corrected chi connectivity index (χ0v) is 44.1. The number of aliphatic hydroxyl groups is 4. The molecule has 1 aliphatic heterocycles. The normalized spacial score (nSPS) is 19.8. The molecule has 0 aliphatic carbocycles. The van der Waals surface area contributed by atoms with E-state index in [0.29, 0.717) is 12.8 Å². The first-order valence-electron chi connectivity index (χ1n) is 28.4. The van der Waals surface area contributed by atoms with Crippen LogP contribution >= 0.6 is 0 Å². The summed E-state index contributed by atoms with van der Waals surface area (Å²) in [5.74, 6) is -0.222. The van der Waals surface area contributed by atoms with E-state index in [4.69, 9.17) is 9.47 Å². The fourth-order valence-corrected chi connectivity index (χ4v) is 10.0. The molecule has 1 fully saturated rings. The lowest BCUT2D eigenvalue weighted by Gasteiger charge is -2.41. The number of unbranched alkanes of at least 4 members (excludes halogenated alkanes) is 38. The molecule has 1 amide bonds. The van der Waals surface area contributed by atoms with Crippen molar-refractivity contribution in [2.24, 2.45) is 0 Å². The van der Waals surface area contributed by atoms with Crippen LogP contribution in [0, 0.1) is 0 Å². The largest absolute Gasteiger partial charge is 0.397 e. The summed E-state index contributed by atoms with van der Waals surface area (Å²) < 4.78 is 47.9. The third kappa shape index (κ3) is 37.5. The van der Waals surface area contributed by atoms with Crippen LogP contribution in [0.25, 0.3) is 0 Å². The van der Waals surface area contributed by atoms with Gasteiger partial charge in [0, 0.05) is 6.42 Å². The number of ether oxygens (including phenoxy) is 2. The minimum atomic E-state index is -5.08. The van der Waals surface area contributed by atoms with Crippen molar-refractivity contribution in [2.45, 2.75) is 326 Å². The Morgan fingerprint density at radius 3 is 1.19 bits per heavy atom. The Balaban J connectivity index is 2.34. The molecule has 0 spiro atoms. The second-order valence-electron chi connectivity index (χ2n) is 20.2. The molecule has 0 aromatic carbocycles. The highest BCUT2D eigenvalue weighted by Crippen LogP contribution is 2.26. The number of aliphatic hydroxyl groups excluding tert-OH is 4. The van der Waals surface area contributed by atoms with Crippen LogP contribution in [0.1, 0.15) is 284 Å². The topological polar surface area (TPSA) is 192 Å². The van der Waals surface area contributed by atoms with Gasteiger partial charge in [-0.05, 0) is 12.8 Å². The van der Waals surface area contributed by atoms with E-state index in [1.54, 1.807) is 0 Å². The minimum absolute atomic E-state index is 0.222. The fourth-order valence-electron chi connectivity index (χ4n) is 9.52. The molecule has 1 heterocycles. The number of carbonyl (C=O) groups excluding carboxylic acids is 1. The molecule has 7 unspecified atom stereocenters. The van der Waals surface area contributed by atoms with Gasteiger partial charge in [0.05, 0.1) is 25.4 Å². The molecule has 0 aromatic rings. The van der Waals surface area contributed by atoms with Gasteiger partial charge in [-0.25, -0.2) is 4.18 Å². The molecule has 400 valence electrons. The van der Waals surface area contributed by atoms with E-state index in [9.17, 15) is 38.2 Å². The van der Waals surface area contributed by atoms with Crippen LogP contribution < -0.4 is 5.32 Å². The smallest absolute Gasteiger partial charge is 0.394 e. The third-order valence-corrected chi connectivity index (χ3v) is 14.4.